The number of rotatable bonds is 13. The third-order valence-electron chi connectivity index (χ3n) is 4.52. The Bertz CT molecular complexity index is 335. The van der Waals surface area contributed by atoms with Gasteiger partial charge in [0.15, 0.2) is 12.2 Å². The minimum atomic E-state index is -1.36. The van der Waals surface area contributed by atoms with E-state index in [9.17, 15) is 15.0 Å². The Labute approximate surface area is 145 Å². The molecule has 142 valence electrons. The van der Waals surface area contributed by atoms with Crippen molar-refractivity contribution in [3.8, 4) is 0 Å². The van der Waals surface area contributed by atoms with Crippen LogP contribution in [0.3, 0.4) is 0 Å². The van der Waals surface area contributed by atoms with Crippen LogP contribution in [0.4, 0.5) is 0 Å². The van der Waals surface area contributed by atoms with Crippen LogP contribution >= 0.6 is 0 Å². The molecule has 1 heterocycles. The predicted octanol–water partition coefficient (Wildman–Crippen LogP) is 1.93. The molecule has 1 saturated heterocycles. The van der Waals surface area contributed by atoms with Crippen molar-refractivity contribution in [1.29, 1.82) is 0 Å². The molecule has 1 aliphatic rings. The summed E-state index contributed by atoms with van der Waals surface area (Å²) in [4.78, 5) is 11.7. The Hall–Kier alpha value is -0.690. The highest BCUT2D eigenvalue weighted by Crippen LogP contribution is 2.19. The Morgan fingerprint density at radius 3 is 2.00 bits per heavy atom. The molecular weight excluding hydrogens is 312 g/mol. The molecule has 6 nitrogen and oxygen atoms in total. The Morgan fingerprint density at radius 1 is 0.917 bits per heavy atom. The maximum Gasteiger partial charge on any atom is 0.338 e. The van der Waals surface area contributed by atoms with Crippen LogP contribution < -0.4 is 0 Å². The second-order valence-electron chi connectivity index (χ2n) is 6.61. The fourth-order valence-corrected chi connectivity index (χ4v) is 2.94. The van der Waals surface area contributed by atoms with E-state index in [1.807, 2.05) is 0 Å². The number of unbranched alkanes of at least 4 members (excludes halogenated alkanes) is 9. The zero-order valence-electron chi connectivity index (χ0n) is 14.9. The average Bonchev–Trinajstić information content (AvgIpc) is 2.58. The summed E-state index contributed by atoms with van der Waals surface area (Å²) < 4.78 is 10.2. The molecular formula is C18H34O6. The Morgan fingerprint density at radius 2 is 1.46 bits per heavy atom. The van der Waals surface area contributed by atoms with Gasteiger partial charge in [-0.1, -0.05) is 64.7 Å². The fourth-order valence-electron chi connectivity index (χ4n) is 2.94. The lowest BCUT2D eigenvalue weighted by Gasteiger charge is -2.35. The first-order chi connectivity index (χ1) is 11.6. The zero-order chi connectivity index (χ0) is 17.8. The molecule has 6 heteroatoms. The number of hydrogen-bond acceptors (Lipinski definition) is 6. The van der Waals surface area contributed by atoms with Crippen molar-refractivity contribution in [2.24, 2.45) is 0 Å². The predicted molar refractivity (Wildman–Crippen MR) is 90.6 cm³/mol. The molecule has 0 aliphatic carbocycles. The van der Waals surface area contributed by atoms with E-state index in [0.717, 1.165) is 19.3 Å². The smallest absolute Gasteiger partial charge is 0.338 e. The van der Waals surface area contributed by atoms with E-state index in [2.05, 4.69) is 6.92 Å². The summed E-state index contributed by atoms with van der Waals surface area (Å²) >= 11 is 0. The quantitative estimate of drug-likeness (QED) is 0.348. The minimum absolute atomic E-state index is 0.351. The van der Waals surface area contributed by atoms with Crippen molar-refractivity contribution in [3.63, 3.8) is 0 Å². The summed E-state index contributed by atoms with van der Waals surface area (Å²) in [7, 11) is 0. The molecule has 0 amide bonds. The monoisotopic (exact) mass is 346 g/mol. The van der Waals surface area contributed by atoms with Gasteiger partial charge in [-0.15, -0.1) is 0 Å². The van der Waals surface area contributed by atoms with Crippen molar-refractivity contribution < 1.29 is 29.6 Å². The minimum Gasteiger partial charge on any atom is -0.455 e. The van der Waals surface area contributed by atoms with Crippen LogP contribution in [0.5, 0.6) is 0 Å². The highest BCUT2D eigenvalue weighted by molar-refractivity contribution is 5.76. The number of aliphatic hydroxyl groups excluding tert-OH is 3. The molecule has 0 aromatic carbocycles. The molecule has 0 saturated carbocycles. The molecule has 0 spiro atoms. The maximum absolute atomic E-state index is 11.7. The van der Waals surface area contributed by atoms with Crippen molar-refractivity contribution >= 4 is 5.97 Å². The van der Waals surface area contributed by atoms with Crippen molar-refractivity contribution in [3.05, 3.63) is 0 Å². The summed E-state index contributed by atoms with van der Waals surface area (Å²) in [5.74, 6) is -0.723. The SMILES string of the molecule is CCCCCCCCCCCCO[C@H]1C(=O)O[C@H](CO)[C@@H](O)[C@@H]1O. The molecule has 1 rings (SSSR count). The fraction of sp³-hybridized carbons (Fsp3) is 0.944. The molecule has 4 atom stereocenters. The summed E-state index contributed by atoms with van der Waals surface area (Å²) in [5.41, 5.74) is 0. The van der Waals surface area contributed by atoms with Crippen LogP contribution in [-0.4, -0.2) is 58.9 Å². The van der Waals surface area contributed by atoms with Crippen LogP contribution in [0.15, 0.2) is 0 Å². The van der Waals surface area contributed by atoms with Gasteiger partial charge in [0.2, 0.25) is 0 Å². The molecule has 1 fully saturated rings. The van der Waals surface area contributed by atoms with Crippen molar-refractivity contribution in [2.75, 3.05) is 13.2 Å². The summed E-state index contributed by atoms with van der Waals surface area (Å²) in [6, 6.07) is 0. The second-order valence-corrected chi connectivity index (χ2v) is 6.61. The van der Waals surface area contributed by atoms with E-state index >= 15 is 0 Å². The average molecular weight is 346 g/mol. The zero-order valence-corrected chi connectivity index (χ0v) is 14.9. The number of hydrogen-bond donors (Lipinski definition) is 3. The maximum atomic E-state index is 11.7. The van der Waals surface area contributed by atoms with E-state index in [0.29, 0.717) is 6.61 Å². The highest BCUT2D eigenvalue weighted by Gasteiger charge is 2.44. The Kier molecular flexibility index (Phi) is 11.2. The summed E-state index contributed by atoms with van der Waals surface area (Å²) in [6.07, 6.45) is 7.14. The molecule has 3 N–H and O–H groups in total. The molecule has 1 aliphatic heterocycles. The topological polar surface area (TPSA) is 96.2 Å². The molecule has 0 unspecified atom stereocenters. The lowest BCUT2D eigenvalue weighted by Crippen LogP contribution is -2.57. The first-order valence-corrected chi connectivity index (χ1v) is 9.40. The lowest BCUT2D eigenvalue weighted by atomic mass is 10.00. The van der Waals surface area contributed by atoms with Gasteiger partial charge >= 0.3 is 5.97 Å². The highest BCUT2D eigenvalue weighted by atomic mass is 16.6. The van der Waals surface area contributed by atoms with Gasteiger partial charge in [-0.3, -0.25) is 0 Å². The van der Waals surface area contributed by atoms with Gasteiger partial charge in [0, 0.05) is 6.61 Å². The van der Waals surface area contributed by atoms with E-state index in [-0.39, 0.29) is 0 Å². The number of esters is 1. The summed E-state index contributed by atoms with van der Waals surface area (Å²) in [6.45, 7) is 2.05. The van der Waals surface area contributed by atoms with Crippen molar-refractivity contribution in [1.82, 2.24) is 0 Å². The molecule has 24 heavy (non-hydrogen) atoms. The number of aliphatic hydroxyl groups is 3. The van der Waals surface area contributed by atoms with Crippen LogP contribution in [-0.2, 0) is 14.3 Å². The van der Waals surface area contributed by atoms with Crippen LogP contribution in [0, 0.1) is 0 Å². The molecule has 0 radical (unpaired) electrons. The van der Waals surface area contributed by atoms with Crippen LogP contribution in [0.1, 0.15) is 71.1 Å². The number of ether oxygens (including phenoxy) is 2. The first-order valence-electron chi connectivity index (χ1n) is 9.40. The Balaban J connectivity index is 2.03. The molecule has 0 aromatic rings. The van der Waals surface area contributed by atoms with Gasteiger partial charge < -0.3 is 24.8 Å². The first kappa shape index (κ1) is 21.4. The van der Waals surface area contributed by atoms with Crippen LogP contribution in [0.25, 0.3) is 0 Å². The third kappa shape index (κ3) is 7.47. The number of carbonyl (C=O) groups excluding carboxylic acids is 1. The largest absolute Gasteiger partial charge is 0.455 e. The number of carbonyl (C=O) groups is 1. The van der Waals surface area contributed by atoms with E-state index in [4.69, 9.17) is 14.6 Å². The van der Waals surface area contributed by atoms with Gasteiger partial charge in [-0.25, -0.2) is 4.79 Å². The standard InChI is InChI=1S/C18H34O6/c1-2-3-4-5-6-7-8-9-10-11-12-23-17-16(21)15(20)14(13-19)24-18(17)22/h14-17,19-21H,2-13H2,1H3/t14-,15-,16+,17-/m1/s1. The van der Waals surface area contributed by atoms with E-state index in [1.165, 1.54) is 44.9 Å². The lowest BCUT2D eigenvalue weighted by molar-refractivity contribution is -0.213. The van der Waals surface area contributed by atoms with Gasteiger partial charge in [0.05, 0.1) is 6.61 Å². The van der Waals surface area contributed by atoms with Gasteiger partial charge in [-0.2, -0.15) is 0 Å². The second kappa shape index (κ2) is 12.6. The number of cyclic esters (lactones) is 1. The molecule has 0 bridgehead atoms. The van der Waals surface area contributed by atoms with Crippen LogP contribution in [0.2, 0.25) is 0 Å². The normalized spacial score (nSPS) is 27.2. The van der Waals surface area contributed by atoms with Crippen molar-refractivity contribution in [2.45, 2.75) is 95.5 Å². The van der Waals surface area contributed by atoms with Gasteiger partial charge in [0.25, 0.3) is 0 Å². The van der Waals surface area contributed by atoms with E-state index in [1.54, 1.807) is 0 Å². The van der Waals surface area contributed by atoms with Gasteiger partial charge in [0.1, 0.15) is 12.2 Å². The third-order valence-corrected chi connectivity index (χ3v) is 4.52. The van der Waals surface area contributed by atoms with E-state index < -0.39 is 37.0 Å². The van der Waals surface area contributed by atoms with Gasteiger partial charge in [-0.05, 0) is 6.42 Å². The molecule has 0 aromatic heterocycles. The summed E-state index contributed by atoms with van der Waals surface area (Å²) in [5, 5.41) is 28.6.